The van der Waals surface area contributed by atoms with Crippen molar-refractivity contribution < 1.29 is 9.90 Å². The van der Waals surface area contributed by atoms with Gasteiger partial charge in [0.1, 0.15) is 0 Å². The van der Waals surface area contributed by atoms with Crippen molar-refractivity contribution in [3.05, 3.63) is 0 Å². The fourth-order valence-corrected chi connectivity index (χ4v) is 2.86. The van der Waals surface area contributed by atoms with E-state index in [0.717, 1.165) is 57.5 Å². The van der Waals surface area contributed by atoms with E-state index in [4.69, 9.17) is 0 Å². The highest BCUT2D eigenvalue weighted by Gasteiger charge is 2.36. The molecule has 2 aliphatic rings. The van der Waals surface area contributed by atoms with E-state index in [-0.39, 0.29) is 18.2 Å². The van der Waals surface area contributed by atoms with E-state index in [9.17, 15) is 9.90 Å². The molecule has 2 amide bonds. The number of hydrogen-bond donors (Lipinski definition) is 2. The van der Waals surface area contributed by atoms with Crippen LogP contribution in [0.3, 0.4) is 0 Å². The number of nitrogens with zero attached hydrogens (tertiary/aromatic N) is 1. The van der Waals surface area contributed by atoms with E-state index < -0.39 is 0 Å². The molecule has 1 heterocycles. The molecule has 0 radical (unpaired) electrons. The molecule has 4 nitrogen and oxygen atoms in total. The van der Waals surface area contributed by atoms with Gasteiger partial charge >= 0.3 is 6.03 Å². The molecule has 1 aliphatic heterocycles. The maximum Gasteiger partial charge on any atom is 0.317 e. The maximum atomic E-state index is 12.1. The van der Waals surface area contributed by atoms with Gasteiger partial charge in [0.2, 0.25) is 0 Å². The summed E-state index contributed by atoms with van der Waals surface area (Å²) < 4.78 is 0. The highest BCUT2D eigenvalue weighted by Crippen LogP contribution is 2.31. The molecule has 0 aromatic heterocycles. The smallest absolute Gasteiger partial charge is 0.317 e. The number of carbonyl (C=O) groups excluding carboxylic acids is 1. The molecule has 1 saturated carbocycles. The van der Waals surface area contributed by atoms with Crippen LogP contribution in [-0.4, -0.2) is 41.3 Å². The standard InChI is InChI=1S/C13H24N2O2/c1-11-4-6-13(10-16,7-5-11)14-12(17)15-8-2-3-9-15/h11,16H,2-10H2,1H3,(H,14,17). The zero-order valence-corrected chi connectivity index (χ0v) is 10.7. The Balaban J connectivity index is 1.92. The molecule has 0 atom stereocenters. The van der Waals surface area contributed by atoms with E-state index >= 15 is 0 Å². The van der Waals surface area contributed by atoms with Crippen molar-refractivity contribution in [1.82, 2.24) is 10.2 Å². The Morgan fingerprint density at radius 3 is 2.47 bits per heavy atom. The summed E-state index contributed by atoms with van der Waals surface area (Å²) in [6.45, 7) is 4.04. The molecular weight excluding hydrogens is 216 g/mol. The molecule has 0 aromatic carbocycles. The third-order valence-corrected chi connectivity index (χ3v) is 4.30. The van der Waals surface area contributed by atoms with Crippen molar-refractivity contribution in [2.45, 2.75) is 51.0 Å². The van der Waals surface area contributed by atoms with Crippen LogP contribution < -0.4 is 5.32 Å². The van der Waals surface area contributed by atoms with Gasteiger partial charge in [0.05, 0.1) is 12.1 Å². The summed E-state index contributed by atoms with van der Waals surface area (Å²) in [6.07, 6.45) is 6.23. The molecule has 0 unspecified atom stereocenters. The number of urea groups is 1. The number of amides is 2. The van der Waals surface area contributed by atoms with Crippen LogP contribution in [0.5, 0.6) is 0 Å². The Bertz CT molecular complexity index is 267. The third kappa shape index (κ3) is 2.92. The van der Waals surface area contributed by atoms with Crippen molar-refractivity contribution in [3.63, 3.8) is 0 Å². The Labute approximate surface area is 103 Å². The third-order valence-electron chi connectivity index (χ3n) is 4.30. The first kappa shape index (κ1) is 12.7. The molecule has 0 spiro atoms. The van der Waals surface area contributed by atoms with Crippen molar-refractivity contribution in [3.8, 4) is 0 Å². The minimum Gasteiger partial charge on any atom is -0.394 e. The van der Waals surface area contributed by atoms with Gasteiger partial charge in [-0.05, 0) is 44.4 Å². The lowest BCUT2D eigenvalue weighted by molar-refractivity contribution is 0.104. The summed E-state index contributed by atoms with van der Waals surface area (Å²) in [5.41, 5.74) is -0.355. The lowest BCUT2D eigenvalue weighted by Crippen LogP contribution is -2.56. The molecular formula is C13H24N2O2. The first-order chi connectivity index (χ1) is 8.15. The van der Waals surface area contributed by atoms with Crippen LogP contribution in [0.4, 0.5) is 4.79 Å². The molecule has 4 heteroatoms. The van der Waals surface area contributed by atoms with Crippen LogP contribution in [0.25, 0.3) is 0 Å². The minimum absolute atomic E-state index is 0.0195. The van der Waals surface area contributed by atoms with Gasteiger partial charge in [0.15, 0.2) is 0 Å². The molecule has 2 fully saturated rings. The Hall–Kier alpha value is -0.770. The summed E-state index contributed by atoms with van der Waals surface area (Å²) in [4.78, 5) is 13.9. The first-order valence-corrected chi connectivity index (χ1v) is 6.83. The molecule has 98 valence electrons. The van der Waals surface area contributed by atoms with Gasteiger partial charge in [-0.1, -0.05) is 6.92 Å². The predicted octanol–water partition coefficient (Wildman–Crippen LogP) is 1.73. The van der Waals surface area contributed by atoms with Crippen molar-refractivity contribution in [1.29, 1.82) is 0 Å². The summed E-state index contributed by atoms with van der Waals surface area (Å²) >= 11 is 0. The molecule has 17 heavy (non-hydrogen) atoms. The average Bonchev–Trinajstić information content (AvgIpc) is 2.86. The van der Waals surface area contributed by atoms with Crippen LogP contribution in [0.2, 0.25) is 0 Å². The van der Waals surface area contributed by atoms with Gasteiger partial charge in [-0.15, -0.1) is 0 Å². The van der Waals surface area contributed by atoms with Crippen LogP contribution in [-0.2, 0) is 0 Å². The molecule has 0 aromatic rings. The van der Waals surface area contributed by atoms with Gasteiger partial charge in [0.25, 0.3) is 0 Å². The predicted molar refractivity (Wildman–Crippen MR) is 66.8 cm³/mol. The molecule has 1 saturated heterocycles. The van der Waals surface area contributed by atoms with E-state index in [1.165, 1.54) is 0 Å². The molecule has 1 aliphatic carbocycles. The summed E-state index contributed by atoms with van der Waals surface area (Å²) in [7, 11) is 0. The van der Waals surface area contributed by atoms with Crippen molar-refractivity contribution in [2.75, 3.05) is 19.7 Å². The summed E-state index contributed by atoms with van der Waals surface area (Å²) in [5.74, 6) is 0.721. The number of carbonyl (C=O) groups is 1. The topological polar surface area (TPSA) is 52.6 Å². The average molecular weight is 240 g/mol. The van der Waals surface area contributed by atoms with Crippen molar-refractivity contribution in [2.24, 2.45) is 5.92 Å². The number of aliphatic hydroxyl groups is 1. The molecule has 0 bridgehead atoms. The van der Waals surface area contributed by atoms with E-state index in [2.05, 4.69) is 12.2 Å². The lowest BCUT2D eigenvalue weighted by atomic mass is 9.77. The van der Waals surface area contributed by atoms with Crippen LogP contribution in [0, 0.1) is 5.92 Å². The second kappa shape index (κ2) is 5.25. The van der Waals surface area contributed by atoms with Gasteiger partial charge in [-0.25, -0.2) is 4.79 Å². The second-order valence-electron chi connectivity index (χ2n) is 5.75. The SMILES string of the molecule is CC1CCC(CO)(NC(=O)N2CCCC2)CC1. The Morgan fingerprint density at radius 2 is 1.94 bits per heavy atom. The number of rotatable bonds is 2. The van der Waals surface area contributed by atoms with Crippen LogP contribution in [0.1, 0.15) is 45.4 Å². The summed E-state index contributed by atoms with van der Waals surface area (Å²) in [5, 5.41) is 12.7. The highest BCUT2D eigenvalue weighted by molar-refractivity contribution is 5.75. The molecule has 2 N–H and O–H groups in total. The fourth-order valence-electron chi connectivity index (χ4n) is 2.86. The van der Waals surface area contributed by atoms with Crippen LogP contribution >= 0.6 is 0 Å². The lowest BCUT2D eigenvalue weighted by Gasteiger charge is -2.39. The van der Waals surface area contributed by atoms with Gasteiger partial charge in [0, 0.05) is 13.1 Å². The quantitative estimate of drug-likeness (QED) is 0.772. The minimum atomic E-state index is -0.355. The van der Waals surface area contributed by atoms with Gasteiger partial charge in [-0.3, -0.25) is 0 Å². The second-order valence-corrected chi connectivity index (χ2v) is 5.75. The highest BCUT2D eigenvalue weighted by atomic mass is 16.3. The van der Waals surface area contributed by atoms with Gasteiger partial charge in [-0.2, -0.15) is 0 Å². The van der Waals surface area contributed by atoms with E-state index in [1.54, 1.807) is 0 Å². The maximum absolute atomic E-state index is 12.1. The number of likely N-dealkylation sites (tertiary alicyclic amines) is 1. The first-order valence-electron chi connectivity index (χ1n) is 6.83. The Kier molecular flexibility index (Phi) is 3.92. The van der Waals surface area contributed by atoms with E-state index in [1.807, 2.05) is 4.90 Å². The number of nitrogens with one attached hydrogen (secondary N) is 1. The zero-order valence-electron chi connectivity index (χ0n) is 10.7. The van der Waals surface area contributed by atoms with Gasteiger partial charge < -0.3 is 15.3 Å². The zero-order chi connectivity index (χ0) is 12.3. The fraction of sp³-hybridized carbons (Fsp3) is 0.923. The van der Waals surface area contributed by atoms with E-state index in [0.29, 0.717) is 0 Å². The molecule has 2 rings (SSSR count). The number of aliphatic hydroxyl groups excluding tert-OH is 1. The van der Waals surface area contributed by atoms with Crippen molar-refractivity contribution >= 4 is 6.03 Å². The largest absolute Gasteiger partial charge is 0.394 e. The summed E-state index contributed by atoms with van der Waals surface area (Å²) in [6, 6.07) is 0.0195. The number of hydrogen-bond acceptors (Lipinski definition) is 2. The van der Waals surface area contributed by atoms with Crippen LogP contribution in [0.15, 0.2) is 0 Å². The normalized spacial score (nSPS) is 33.8. The Morgan fingerprint density at radius 1 is 1.35 bits per heavy atom. The monoisotopic (exact) mass is 240 g/mol.